The van der Waals surface area contributed by atoms with Crippen molar-refractivity contribution in [2.75, 3.05) is 14.2 Å². The molecule has 0 aliphatic carbocycles. The van der Waals surface area contributed by atoms with E-state index in [-0.39, 0.29) is 5.92 Å². The number of hydrogen-bond acceptors (Lipinski definition) is 4. The summed E-state index contributed by atoms with van der Waals surface area (Å²) in [6.45, 7) is 1.87. The van der Waals surface area contributed by atoms with E-state index in [0.29, 0.717) is 12.8 Å². The Morgan fingerprint density at radius 1 is 1.08 bits per heavy atom. The summed E-state index contributed by atoms with van der Waals surface area (Å²) in [5.74, 6) is -1.14. The largest absolute Gasteiger partial charge is 0.468 e. The van der Waals surface area contributed by atoms with Gasteiger partial charge in [-0.05, 0) is 6.42 Å². The number of esters is 2. The second-order valence-corrected chi connectivity index (χ2v) is 2.21. The molecule has 0 atom stereocenters. The van der Waals surface area contributed by atoms with Crippen LogP contribution < -0.4 is 0 Å². The molecule has 0 spiro atoms. The van der Waals surface area contributed by atoms with Crippen LogP contribution in [0.25, 0.3) is 0 Å². The number of carbonyl (C=O) groups excluding carboxylic acids is 2. The highest BCUT2D eigenvalue weighted by atomic mass is 16.5. The second kappa shape index (κ2) is 5.57. The van der Waals surface area contributed by atoms with Crippen LogP contribution in [0, 0.1) is 5.92 Å². The number of rotatable bonds is 4. The van der Waals surface area contributed by atoms with Crippen LogP contribution in [0.4, 0.5) is 0 Å². The quantitative estimate of drug-likeness (QED) is 0.464. The number of carbonyl (C=O) groups is 2. The SMILES string of the molecule is CCC[C](C(=O)OC)C(=O)OC. The molecule has 69 valence electrons. The maximum absolute atomic E-state index is 10.9. The van der Waals surface area contributed by atoms with E-state index in [2.05, 4.69) is 9.47 Å². The van der Waals surface area contributed by atoms with Gasteiger partial charge in [-0.1, -0.05) is 13.3 Å². The van der Waals surface area contributed by atoms with Gasteiger partial charge < -0.3 is 9.47 Å². The Morgan fingerprint density at radius 3 is 1.75 bits per heavy atom. The van der Waals surface area contributed by atoms with Gasteiger partial charge in [0.2, 0.25) is 0 Å². The molecule has 0 bridgehead atoms. The average molecular weight is 173 g/mol. The maximum atomic E-state index is 10.9. The van der Waals surface area contributed by atoms with Crippen molar-refractivity contribution in [3.8, 4) is 0 Å². The van der Waals surface area contributed by atoms with Crippen molar-refractivity contribution >= 4 is 11.9 Å². The summed E-state index contributed by atoms with van der Waals surface area (Å²) in [6, 6.07) is 0. The predicted octanol–water partition coefficient (Wildman–Crippen LogP) is 0.707. The Labute approximate surface area is 71.8 Å². The molecule has 0 saturated heterocycles. The summed E-state index contributed by atoms with van der Waals surface area (Å²) in [5.41, 5.74) is 0. The summed E-state index contributed by atoms with van der Waals surface area (Å²) in [6.07, 6.45) is 1.10. The number of ether oxygens (including phenoxy) is 2. The summed E-state index contributed by atoms with van der Waals surface area (Å²) < 4.78 is 8.82. The summed E-state index contributed by atoms with van der Waals surface area (Å²) in [4.78, 5) is 21.9. The van der Waals surface area contributed by atoms with Gasteiger partial charge in [-0.2, -0.15) is 0 Å². The molecule has 0 aromatic heterocycles. The van der Waals surface area contributed by atoms with E-state index in [1.165, 1.54) is 14.2 Å². The molecule has 1 radical (unpaired) electrons. The van der Waals surface area contributed by atoms with Crippen LogP contribution in [0.1, 0.15) is 19.8 Å². The molecule has 0 heterocycles. The topological polar surface area (TPSA) is 52.6 Å². The Balaban J connectivity index is 4.21. The zero-order valence-electron chi connectivity index (χ0n) is 7.55. The number of hydrogen-bond donors (Lipinski definition) is 0. The first-order chi connectivity index (χ1) is 5.67. The van der Waals surface area contributed by atoms with E-state index in [1.54, 1.807) is 0 Å². The lowest BCUT2D eigenvalue weighted by Gasteiger charge is -2.09. The van der Waals surface area contributed by atoms with Crippen molar-refractivity contribution in [1.29, 1.82) is 0 Å². The fourth-order valence-corrected chi connectivity index (χ4v) is 0.784. The van der Waals surface area contributed by atoms with E-state index in [0.717, 1.165) is 0 Å². The molecule has 0 aliphatic heterocycles. The predicted molar refractivity (Wildman–Crippen MR) is 42.2 cm³/mol. The first-order valence-electron chi connectivity index (χ1n) is 3.69. The summed E-state index contributed by atoms with van der Waals surface area (Å²) >= 11 is 0. The van der Waals surface area contributed by atoms with Gasteiger partial charge in [0, 0.05) is 0 Å². The molecular formula is C8H13O4. The lowest BCUT2D eigenvalue weighted by molar-refractivity contribution is -0.148. The molecule has 0 aromatic carbocycles. The van der Waals surface area contributed by atoms with Crippen LogP contribution in [0.2, 0.25) is 0 Å². The van der Waals surface area contributed by atoms with Crippen LogP contribution in [0.15, 0.2) is 0 Å². The Kier molecular flexibility index (Phi) is 5.08. The second-order valence-electron chi connectivity index (χ2n) is 2.21. The monoisotopic (exact) mass is 173 g/mol. The van der Waals surface area contributed by atoms with Crippen molar-refractivity contribution in [3.05, 3.63) is 5.92 Å². The highest BCUT2D eigenvalue weighted by Gasteiger charge is 2.28. The molecule has 0 amide bonds. The standard InChI is InChI=1S/C8H13O4/c1-4-5-6(7(9)11-2)8(10)12-3/h4-5H2,1-3H3. The van der Waals surface area contributed by atoms with Gasteiger partial charge in [-0.15, -0.1) is 0 Å². The van der Waals surface area contributed by atoms with E-state index < -0.39 is 11.9 Å². The molecule has 4 nitrogen and oxygen atoms in total. The van der Waals surface area contributed by atoms with Gasteiger partial charge in [0.1, 0.15) is 0 Å². The Morgan fingerprint density at radius 2 is 1.50 bits per heavy atom. The van der Waals surface area contributed by atoms with Crippen LogP contribution in [-0.2, 0) is 19.1 Å². The molecule has 0 rings (SSSR count). The molecule has 0 saturated carbocycles. The van der Waals surface area contributed by atoms with Gasteiger partial charge in [-0.3, -0.25) is 9.59 Å². The molecule has 0 N–H and O–H groups in total. The first kappa shape index (κ1) is 10.9. The van der Waals surface area contributed by atoms with E-state index in [9.17, 15) is 9.59 Å². The Hall–Kier alpha value is -1.06. The third-order valence-corrected chi connectivity index (χ3v) is 1.36. The van der Waals surface area contributed by atoms with Gasteiger partial charge in [0.05, 0.1) is 14.2 Å². The molecular weight excluding hydrogens is 160 g/mol. The van der Waals surface area contributed by atoms with Crippen molar-refractivity contribution in [3.63, 3.8) is 0 Å². The van der Waals surface area contributed by atoms with Crippen LogP contribution >= 0.6 is 0 Å². The van der Waals surface area contributed by atoms with E-state index in [4.69, 9.17) is 0 Å². The smallest absolute Gasteiger partial charge is 0.325 e. The minimum absolute atomic E-state index is 0.0718. The summed E-state index contributed by atoms with van der Waals surface area (Å²) in [5, 5.41) is 0. The van der Waals surface area contributed by atoms with Crippen LogP contribution in [0.3, 0.4) is 0 Å². The lowest BCUT2D eigenvalue weighted by atomic mass is 10.0. The molecule has 0 fully saturated rings. The third kappa shape index (κ3) is 2.90. The normalized spacial score (nSPS) is 9.67. The van der Waals surface area contributed by atoms with Gasteiger partial charge >= 0.3 is 11.9 Å². The zero-order valence-corrected chi connectivity index (χ0v) is 7.55. The first-order valence-corrected chi connectivity index (χ1v) is 3.69. The molecule has 4 heteroatoms. The minimum atomic E-state index is -0.608. The maximum Gasteiger partial charge on any atom is 0.325 e. The molecule has 12 heavy (non-hydrogen) atoms. The van der Waals surface area contributed by atoms with Crippen molar-refractivity contribution in [2.24, 2.45) is 0 Å². The number of methoxy groups -OCH3 is 2. The van der Waals surface area contributed by atoms with Crippen molar-refractivity contribution in [2.45, 2.75) is 19.8 Å². The van der Waals surface area contributed by atoms with Gasteiger partial charge in [0.15, 0.2) is 5.92 Å². The van der Waals surface area contributed by atoms with Gasteiger partial charge in [0.25, 0.3) is 0 Å². The fourth-order valence-electron chi connectivity index (χ4n) is 0.784. The van der Waals surface area contributed by atoms with Crippen molar-refractivity contribution in [1.82, 2.24) is 0 Å². The van der Waals surface area contributed by atoms with Crippen molar-refractivity contribution < 1.29 is 19.1 Å². The van der Waals surface area contributed by atoms with Gasteiger partial charge in [-0.25, -0.2) is 0 Å². The summed E-state index contributed by atoms with van der Waals surface area (Å²) in [7, 11) is 2.47. The third-order valence-electron chi connectivity index (χ3n) is 1.36. The minimum Gasteiger partial charge on any atom is -0.468 e. The van der Waals surface area contributed by atoms with E-state index >= 15 is 0 Å². The fraction of sp³-hybridized carbons (Fsp3) is 0.625. The molecule has 0 aromatic rings. The highest BCUT2D eigenvalue weighted by Crippen LogP contribution is 2.12. The van der Waals surface area contributed by atoms with Crippen LogP contribution in [-0.4, -0.2) is 26.2 Å². The van der Waals surface area contributed by atoms with Crippen LogP contribution in [0.5, 0.6) is 0 Å². The Bertz CT molecular complexity index is 148. The molecule has 0 unspecified atom stereocenters. The highest BCUT2D eigenvalue weighted by molar-refractivity contribution is 6.09. The lowest BCUT2D eigenvalue weighted by Crippen LogP contribution is -2.24. The zero-order chi connectivity index (χ0) is 9.56. The average Bonchev–Trinajstić information content (AvgIpc) is 2.11. The van der Waals surface area contributed by atoms with E-state index in [1.807, 2.05) is 6.92 Å². The molecule has 0 aliphatic rings.